The van der Waals surface area contributed by atoms with Gasteiger partial charge in [0.1, 0.15) is 0 Å². The van der Waals surface area contributed by atoms with Crippen molar-refractivity contribution in [2.45, 2.75) is 0 Å². The third kappa shape index (κ3) is 2.03. The predicted octanol–water partition coefficient (Wildman–Crippen LogP) is 4.94. The molecule has 0 amide bonds. The minimum atomic E-state index is 0.646. The van der Waals surface area contributed by atoms with Crippen LogP contribution in [0.4, 0.5) is 0 Å². The van der Waals surface area contributed by atoms with Gasteiger partial charge in [0.15, 0.2) is 6.29 Å². The highest BCUT2D eigenvalue weighted by atomic mass is 79.9. The van der Waals surface area contributed by atoms with Crippen LogP contribution >= 0.6 is 47.8 Å². The fourth-order valence-electron chi connectivity index (χ4n) is 1.41. The molecule has 0 atom stereocenters. The van der Waals surface area contributed by atoms with Gasteiger partial charge in [0, 0.05) is 19.0 Å². The van der Waals surface area contributed by atoms with E-state index < -0.39 is 0 Å². The molecule has 4 heteroatoms. The van der Waals surface area contributed by atoms with Crippen LogP contribution in [0.1, 0.15) is 10.4 Å². The van der Waals surface area contributed by atoms with Crippen molar-refractivity contribution in [2.75, 3.05) is 0 Å². The lowest BCUT2D eigenvalue weighted by molar-refractivity contribution is 0.112. The molecule has 0 aliphatic carbocycles. The van der Waals surface area contributed by atoms with Gasteiger partial charge in [-0.05, 0) is 60.8 Å². The van der Waals surface area contributed by atoms with Crippen molar-refractivity contribution >= 4 is 64.8 Å². The van der Waals surface area contributed by atoms with Crippen LogP contribution in [0.25, 0.3) is 10.8 Å². The zero-order valence-corrected chi connectivity index (χ0v) is 12.2. The first-order valence-electron chi connectivity index (χ1n) is 4.16. The second-order valence-corrected chi connectivity index (χ2v) is 5.58. The number of hydrogen-bond donors (Lipinski definition) is 0. The van der Waals surface area contributed by atoms with Crippen LogP contribution < -0.4 is 0 Å². The average molecular weight is 393 g/mol. The zero-order chi connectivity index (χ0) is 11.0. The third-order valence-electron chi connectivity index (χ3n) is 2.13. The molecule has 0 heterocycles. The van der Waals surface area contributed by atoms with Gasteiger partial charge in [-0.3, -0.25) is 4.79 Å². The maximum absolute atomic E-state index is 10.8. The smallest absolute Gasteiger partial charge is 0.151 e. The quantitative estimate of drug-likeness (QED) is 0.628. The Morgan fingerprint density at radius 3 is 2.40 bits per heavy atom. The minimum Gasteiger partial charge on any atom is -0.298 e. The molecule has 1 nitrogen and oxygen atoms in total. The SMILES string of the molecule is O=Cc1cc2cc(Br)ccc2c(Br)c1Br. The van der Waals surface area contributed by atoms with Crippen LogP contribution in [0.15, 0.2) is 37.7 Å². The topological polar surface area (TPSA) is 17.1 Å². The van der Waals surface area contributed by atoms with E-state index in [1.165, 1.54) is 0 Å². The van der Waals surface area contributed by atoms with E-state index in [9.17, 15) is 4.79 Å². The molecular formula is C11H5Br3O. The summed E-state index contributed by atoms with van der Waals surface area (Å²) >= 11 is 10.3. The van der Waals surface area contributed by atoms with Crippen molar-refractivity contribution < 1.29 is 4.79 Å². The number of halogens is 3. The van der Waals surface area contributed by atoms with Crippen LogP contribution in [0.2, 0.25) is 0 Å². The van der Waals surface area contributed by atoms with E-state index in [1.54, 1.807) is 0 Å². The maximum atomic E-state index is 10.8. The first kappa shape index (κ1) is 11.3. The normalized spacial score (nSPS) is 10.6. The standard InChI is InChI=1S/C11H5Br3O/c12-8-1-2-9-6(4-8)3-7(5-15)10(13)11(9)14/h1-5H. The number of aldehydes is 1. The van der Waals surface area contributed by atoms with E-state index >= 15 is 0 Å². The van der Waals surface area contributed by atoms with E-state index in [-0.39, 0.29) is 0 Å². The van der Waals surface area contributed by atoms with Gasteiger partial charge in [0.05, 0.1) is 0 Å². The summed E-state index contributed by atoms with van der Waals surface area (Å²) in [6.07, 6.45) is 0.842. The first-order valence-corrected chi connectivity index (χ1v) is 6.54. The molecule has 0 fully saturated rings. The molecule has 0 aromatic heterocycles. The van der Waals surface area contributed by atoms with Gasteiger partial charge in [0.25, 0.3) is 0 Å². The Morgan fingerprint density at radius 2 is 1.73 bits per heavy atom. The Balaban J connectivity index is 2.90. The summed E-state index contributed by atoms with van der Waals surface area (Å²) in [6.45, 7) is 0. The van der Waals surface area contributed by atoms with Crippen molar-refractivity contribution in [1.29, 1.82) is 0 Å². The third-order valence-corrected chi connectivity index (χ3v) is 4.84. The molecule has 2 rings (SSSR count). The summed E-state index contributed by atoms with van der Waals surface area (Å²) in [5.41, 5.74) is 0.646. The maximum Gasteiger partial charge on any atom is 0.151 e. The molecule has 0 saturated heterocycles. The number of carbonyl (C=O) groups excluding carboxylic acids is 1. The Kier molecular flexibility index (Phi) is 3.28. The van der Waals surface area contributed by atoms with Crippen molar-refractivity contribution in [2.24, 2.45) is 0 Å². The largest absolute Gasteiger partial charge is 0.298 e. The first-order chi connectivity index (χ1) is 7.13. The summed E-state index contributed by atoms with van der Waals surface area (Å²) in [4.78, 5) is 10.8. The molecule has 0 aliphatic heterocycles. The lowest BCUT2D eigenvalue weighted by Crippen LogP contribution is -1.86. The molecule has 0 radical (unpaired) electrons. The molecule has 76 valence electrons. The highest BCUT2D eigenvalue weighted by Crippen LogP contribution is 2.35. The number of fused-ring (bicyclic) bond motifs is 1. The van der Waals surface area contributed by atoms with Gasteiger partial charge in [-0.1, -0.05) is 22.0 Å². The lowest BCUT2D eigenvalue weighted by atomic mass is 10.1. The average Bonchev–Trinajstić information content (AvgIpc) is 2.23. The second kappa shape index (κ2) is 4.36. The highest BCUT2D eigenvalue weighted by molar-refractivity contribution is 9.13. The molecular weight excluding hydrogens is 388 g/mol. The molecule has 0 spiro atoms. The summed E-state index contributed by atoms with van der Waals surface area (Å²) in [7, 11) is 0. The lowest BCUT2D eigenvalue weighted by Gasteiger charge is -2.06. The molecule has 15 heavy (non-hydrogen) atoms. The van der Waals surface area contributed by atoms with Crippen molar-refractivity contribution in [3.63, 3.8) is 0 Å². The van der Waals surface area contributed by atoms with E-state index in [0.29, 0.717) is 5.56 Å². The van der Waals surface area contributed by atoms with Crippen molar-refractivity contribution in [3.8, 4) is 0 Å². The van der Waals surface area contributed by atoms with Gasteiger partial charge in [-0.2, -0.15) is 0 Å². The predicted molar refractivity (Wildman–Crippen MR) is 72.4 cm³/mol. The minimum absolute atomic E-state index is 0.646. The monoisotopic (exact) mass is 390 g/mol. The van der Waals surface area contributed by atoms with Crippen LogP contribution in [0.5, 0.6) is 0 Å². The molecule has 2 aromatic rings. The van der Waals surface area contributed by atoms with E-state index in [1.807, 2.05) is 24.3 Å². The van der Waals surface area contributed by atoms with Crippen molar-refractivity contribution in [3.05, 3.63) is 43.2 Å². The van der Waals surface area contributed by atoms with Gasteiger partial charge >= 0.3 is 0 Å². The zero-order valence-electron chi connectivity index (χ0n) is 7.43. The Hall–Kier alpha value is -0.190. The molecule has 0 aliphatic rings. The number of rotatable bonds is 1. The summed E-state index contributed by atoms with van der Waals surface area (Å²) in [5, 5.41) is 2.11. The fraction of sp³-hybridized carbons (Fsp3) is 0. The number of carbonyl (C=O) groups is 1. The molecule has 0 bridgehead atoms. The summed E-state index contributed by atoms with van der Waals surface area (Å²) in [6, 6.07) is 7.82. The Morgan fingerprint density at radius 1 is 1.00 bits per heavy atom. The molecule has 0 saturated carbocycles. The fourth-order valence-corrected chi connectivity index (χ4v) is 2.80. The van der Waals surface area contributed by atoms with Crippen molar-refractivity contribution in [1.82, 2.24) is 0 Å². The Labute approximate surface area is 112 Å². The number of hydrogen-bond acceptors (Lipinski definition) is 1. The van der Waals surface area contributed by atoms with Gasteiger partial charge in [-0.25, -0.2) is 0 Å². The van der Waals surface area contributed by atoms with Crippen LogP contribution in [0.3, 0.4) is 0 Å². The number of benzene rings is 2. The second-order valence-electron chi connectivity index (χ2n) is 3.08. The van der Waals surface area contributed by atoms with E-state index in [2.05, 4.69) is 47.8 Å². The van der Waals surface area contributed by atoms with E-state index in [0.717, 1.165) is 30.5 Å². The highest BCUT2D eigenvalue weighted by Gasteiger charge is 2.08. The van der Waals surface area contributed by atoms with E-state index in [4.69, 9.17) is 0 Å². The molecule has 2 aromatic carbocycles. The van der Waals surface area contributed by atoms with Gasteiger partial charge < -0.3 is 0 Å². The summed E-state index contributed by atoms with van der Waals surface area (Å²) < 4.78 is 2.71. The molecule has 0 N–H and O–H groups in total. The molecule has 0 unspecified atom stereocenters. The van der Waals surface area contributed by atoms with Crippen LogP contribution in [-0.2, 0) is 0 Å². The van der Waals surface area contributed by atoms with Crippen LogP contribution in [-0.4, -0.2) is 6.29 Å². The van der Waals surface area contributed by atoms with Gasteiger partial charge in [-0.15, -0.1) is 0 Å². The van der Waals surface area contributed by atoms with Crippen LogP contribution in [0, 0.1) is 0 Å². The summed E-state index contributed by atoms with van der Waals surface area (Å²) in [5.74, 6) is 0. The Bertz CT molecular complexity index is 549. The van der Waals surface area contributed by atoms with Gasteiger partial charge in [0.2, 0.25) is 0 Å².